The first-order valence-electron chi connectivity index (χ1n) is 4.62. The maximum atomic E-state index is 8.84. The standard InChI is InChI=1S/C12H14N2/c1-10(14-2)7-8-11-5-3-4-6-12(11)9-13/h3-8,10,14H,1-2H3/b8-7+. The number of rotatable bonds is 3. The lowest BCUT2D eigenvalue weighted by Gasteiger charge is -2.02. The van der Waals surface area contributed by atoms with Crippen molar-refractivity contribution in [3.8, 4) is 6.07 Å². The average Bonchev–Trinajstić information content (AvgIpc) is 2.26. The highest BCUT2D eigenvalue weighted by Crippen LogP contribution is 2.09. The molecule has 1 aromatic rings. The summed E-state index contributed by atoms with van der Waals surface area (Å²) in [6, 6.07) is 10.1. The van der Waals surface area contributed by atoms with Crippen molar-refractivity contribution < 1.29 is 0 Å². The number of benzene rings is 1. The summed E-state index contributed by atoms with van der Waals surface area (Å²) in [6.45, 7) is 2.06. The first-order chi connectivity index (χ1) is 6.77. The molecule has 0 aliphatic carbocycles. The summed E-state index contributed by atoms with van der Waals surface area (Å²) in [5.41, 5.74) is 1.68. The second kappa shape index (κ2) is 5.21. The molecule has 1 aromatic carbocycles. The van der Waals surface area contributed by atoms with Crippen LogP contribution < -0.4 is 5.32 Å². The van der Waals surface area contributed by atoms with Crippen LogP contribution in [0.2, 0.25) is 0 Å². The second-order valence-electron chi connectivity index (χ2n) is 3.14. The minimum Gasteiger partial charge on any atom is -0.314 e. The molecule has 0 spiro atoms. The third kappa shape index (κ3) is 2.72. The van der Waals surface area contributed by atoms with Gasteiger partial charge in [-0.3, -0.25) is 0 Å². The van der Waals surface area contributed by atoms with E-state index in [1.54, 1.807) is 0 Å². The van der Waals surface area contributed by atoms with E-state index in [1.807, 2.05) is 43.5 Å². The van der Waals surface area contributed by atoms with Crippen molar-refractivity contribution in [3.05, 3.63) is 41.5 Å². The average molecular weight is 186 g/mol. The topological polar surface area (TPSA) is 35.8 Å². The van der Waals surface area contributed by atoms with E-state index in [0.717, 1.165) is 5.56 Å². The molecule has 0 bridgehead atoms. The quantitative estimate of drug-likeness (QED) is 0.785. The van der Waals surface area contributed by atoms with Gasteiger partial charge in [0.2, 0.25) is 0 Å². The van der Waals surface area contributed by atoms with Gasteiger partial charge in [-0.15, -0.1) is 0 Å². The number of hydrogen-bond donors (Lipinski definition) is 1. The Hall–Kier alpha value is -1.59. The van der Waals surface area contributed by atoms with Crippen LogP contribution in [-0.2, 0) is 0 Å². The number of nitriles is 1. The van der Waals surface area contributed by atoms with Crippen molar-refractivity contribution in [1.29, 1.82) is 5.26 Å². The zero-order valence-electron chi connectivity index (χ0n) is 8.49. The molecule has 2 heteroatoms. The van der Waals surface area contributed by atoms with Gasteiger partial charge in [-0.2, -0.15) is 5.26 Å². The highest BCUT2D eigenvalue weighted by molar-refractivity contribution is 5.58. The fourth-order valence-electron chi connectivity index (χ4n) is 1.09. The molecule has 1 rings (SSSR count). The van der Waals surface area contributed by atoms with E-state index in [9.17, 15) is 0 Å². The molecule has 1 unspecified atom stereocenters. The summed E-state index contributed by atoms with van der Waals surface area (Å²) >= 11 is 0. The summed E-state index contributed by atoms with van der Waals surface area (Å²) in [5, 5.41) is 11.9. The van der Waals surface area contributed by atoms with Gasteiger partial charge in [-0.1, -0.05) is 30.4 Å². The van der Waals surface area contributed by atoms with Gasteiger partial charge in [0.25, 0.3) is 0 Å². The lowest BCUT2D eigenvalue weighted by molar-refractivity contribution is 0.731. The fraction of sp³-hybridized carbons (Fsp3) is 0.250. The van der Waals surface area contributed by atoms with Gasteiger partial charge < -0.3 is 5.32 Å². The Balaban J connectivity index is 2.87. The minimum atomic E-state index is 0.321. The van der Waals surface area contributed by atoms with Crippen LogP contribution in [0.5, 0.6) is 0 Å². The molecule has 0 saturated heterocycles. The minimum absolute atomic E-state index is 0.321. The molecule has 14 heavy (non-hydrogen) atoms. The van der Waals surface area contributed by atoms with Crippen molar-refractivity contribution in [2.24, 2.45) is 0 Å². The van der Waals surface area contributed by atoms with Crippen molar-refractivity contribution in [1.82, 2.24) is 5.32 Å². The van der Waals surface area contributed by atoms with Crippen molar-refractivity contribution in [2.75, 3.05) is 7.05 Å². The predicted molar refractivity (Wildman–Crippen MR) is 58.7 cm³/mol. The van der Waals surface area contributed by atoms with Gasteiger partial charge in [0.15, 0.2) is 0 Å². The molecule has 0 radical (unpaired) electrons. The first-order valence-corrected chi connectivity index (χ1v) is 4.62. The molecule has 0 aliphatic heterocycles. The summed E-state index contributed by atoms with van der Waals surface area (Å²) in [4.78, 5) is 0. The van der Waals surface area contributed by atoms with Crippen LogP contribution in [0.15, 0.2) is 30.3 Å². The van der Waals surface area contributed by atoms with Crippen LogP contribution in [0.1, 0.15) is 18.1 Å². The Bertz CT molecular complexity index is 361. The third-order valence-electron chi connectivity index (χ3n) is 2.10. The van der Waals surface area contributed by atoms with E-state index in [-0.39, 0.29) is 0 Å². The molecular weight excluding hydrogens is 172 g/mol. The zero-order valence-corrected chi connectivity index (χ0v) is 8.49. The summed E-state index contributed by atoms with van der Waals surface area (Å²) in [7, 11) is 1.91. The lowest BCUT2D eigenvalue weighted by Crippen LogP contribution is -2.17. The maximum Gasteiger partial charge on any atom is 0.0997 e. The molecule has 0 amide bonds. The smallest absolute Gasteiger partial charge is 0.0997 e. The molecule has 1 atom stereocenters. The van der Waals surface area contributed by atoms with Crippen LogP contribution >= 0.6 is 0 Å². The van der Waals surface area contributed by atoms with Gasteiger partial charge >= 0.3 is 0 Å². The van der Waals surface area contributed by atoms with Gasteiger partial charge in [0, 0.05) is 6.04 Å². The van der Waals surface area contributed by atoms with E-state index in [2.05, 4.69) is 18.3 Å². The molecule has 0 saturated carbocycles. The fourth-order valence-corrected chi connectivity index (χ4v) is 1.09. The van der Waals surface area contributed by atoms with Gasteiger partial charge in [-0.05, 0) is 25.6 Å². The Morgan fingerprint density at radius 2 is 2.14 bits per heavy atom. The summed E-state index contributed by atoms with van der Waals surface area (Å²) in [6.07, 6.45) is 4.01. The highest BCUT2D eigenvalue weighted by Gasteiger charge is 1.96. The van der Waals surface area contributed by atoms with Gasteiger partial charge in [0.1, 0.15) is 0 Å². The maximum absolute atomic E-state index is 8.84. The van der Waals surface area contributed by atoms with E-state index in [0.29, 0.717) is 11.6 Å². The molecule has 72 valence electrons. The van der Waals surface area contributed by atoms with Crippen LogP contribution in [0, 0.1) is 11.3 Å². The zero-order chi connectivity index (χ0) is 10.4. The molecule has 1 N–H and O–H groups in total. The van der Waals surface area contributed by atoms with E-state index in [1.165, 1.54) is 0 Å². The number of nitrogens with one attached hydrogen (secondary N) is 1. The summed E-state index contributed by atoms with van der Waals surface area (Å²) < 4.78 is 0. The Morgan fingerprint density at radius 3 is 2.79 bits per heavy atom. The van der Waals surface area contributed by atoms with E-state index in [4.69, 9.17) is 5.26 Å². The Kier molecular flexibility index (Phi) is 3.90. The number of likely N-dealkylation sites (N-methyl/N-ethyl adjacent to an activating group) is 1. The second-order valence-corrected chi connectivity index (χ2v) is 3.14. The predicted octanol–water partition coefficient (Wildman–Crippen LogP) is 2.18. The SMILES string of the molecule is CNC(C)/C=C/c1ccccc1C#N. The van der Waals surface area contributed by atoms with E-state index < -0.39 is 0 Å². The molecule has 0 fully saturated rings. The summed E-state index contributed by atoms with van der Waals surface area (Å²) in [5.74, 6) is 0. The normalized spacial score (nSPS) is 12.6. The van der Waals surface area contributed by atoms with Crippen LogP contribution in [0.3, 0.4) is 0 Å². The Labute approximate surface area is 84.9 Å². The highest BCUT2D eigenvalue weighted by atomic mass is 14.8. The molecule has 2 nitrogen and oxygen atoms in total. The van der Waals surface area contributed by atoms with Crippen molar-refractivity contribution >= 4 is 6.08 Å². The van der Waals surface area contributed by atoms with Gasteiger partial charge in [-0.25, -0.2) is 0 Å². The molecular formula is C12H14N2. The van der Waals surface area contributed by atoms with Crippen molar-refractivity contribution in [2.45, 2.75) is 13.0 Å². The molecule has 0 heterocycles. The van der Waals surface area contributed by atoms with Gasteiger partial charge in [0.05, 0.1) is 11.6 Å². The largest absolute Gasteiger partial charge is 0.314 e. The van der Waals surface area contributed by atoms with Crippen LogP contribution in [0.25, 0.3) is 6.08 Å². The van der Waals surface area contributed by atoms with Crippen LogP contribution in [0.4, 0.5) is 0 Å². The first kappa shape index (κ1) is 10.5. The molecule has 0 aliphatic rings. The Morgan fingerprint density at radius 1 is 1.43 bits per heavy atom. The number of hydrogen-bond acceptors (Lipinski definition) is 2. The van der Waals surface area contributed by atoms with Crippen LogP contribution in [-0.4, -0.2) is 13.1 Å². The third-order valence-corrected chi connectivity index (χ3v) is 2.10. The van der Waals surface area contributed by atoms with E-state index >= 15 is 0 Å². The van der Waals surface area contributed by atoms with Crippen molar-refractivity contribution in [3.63, 3.8) is 0 Å². The lowest BCUT2D eigenvalue weighted by atomic mass is 10.1. The molecule has 0 aromatic heterocycles. The number of nitrogens with zero attached hydrogens (tertiary/aromatic N) is 1. The monoisotopic (exact) mass is 186 g/mol.